The summed E-state index contributed by atoms with van der Waals surface area (Å²) >= 11 is 0. The van der Waals surface area contributed by atoms with Gasteiger partial charge in [0.25, 0.3) is 6.43 Å². The molecule has 0 saturated heterocycles. The number of amides is 2. The Bertz CT molecular complexity index is 492. The number of alkyl halides is 2. The van der Waals surface area contributed by atoms with Gasteiger partial charge in [-0.2, -0.15) is 0 Å². The minimum Gasteiger partial charge on any atom is -0.478 e. The van der Waals surface area contributed by atoms with E-state index in [2.05, 4.69) is 5.32 Å². The third kappa shape index (κ3) is 4.20. The molecule has 0 atom stereocenters. The molecule has 0 saturated carbocycles. The number of hydrogen-bond donors (Lipinski definition) is 2. The molecule has 0 aliphatic rings. The highest BCUT2D eigenvalue weighted by molar-refractivity contribution is 5.92. The number of benzene rings is 1. The van der Waals surface area contributed by atoms with Crippen LogP contribution in [0.4, 0.5) is 19.3 Å². The summed E-state index contributed by atoms with van der Waals surface area (Å²) in [5.41, 5.74) is 1.02. The largest absolute Gasteiger partial charge is 0.478 e. The number of anilines is 1. The van der Waals surface area contributed by atoms with Crippen molar-refractivity contribution >= 4 is 17.7 Å². The molecular weight excluding hydrogens is 258 g/mol. The van der Waals surface area contributed by atoms with Crippen LogP contribution in [0, 0.1) is 6.92 Å². The quantitative estimate of drug-likeness (QED) is 0.884. The Hall–Kier alpha value is -2.18. The van der Waals surface area contributed by atoms with Gasteiger partial charge in [0.2, 0.25) is 0 Å². The summed E-state index contributed by atoms with van der Waals surface area (Å²) in [7, 11) is 1.25. The first-order chi connectivity index (χ1) is 8.81. The van der Waals surface area contributed by atoms with Gasteiger partial charge in [0.15, 0.2) is 0 Å². The molecule has 1 aromatic carbocycles. The van der Waals surface area contributed by atoms with E-state index < -0.39 is 25.0 Å². The first-order valence-electron chi connectivity index (χ1n) is 5.45. The molecule has 0 fully saturated rings. The average Bonchev–Trinajstić information content (AvgIpc) is 2.30. The van der Waals surface area contributed by atoms with Crippen LogP contribution in [0.25, 0.3) is 0 Å². The molecule has 7 heteroatoms. The van der Waals surface area contributed by atoms with Crippen LogP contribution >= 0.6 is 0 Å². The number of rotatable bonds is 4. The topological polar surface area (TPSA) is 69.6 Å². The molecule has 2 amide bonds. The fourth-order valence-corrected chi connectivity index (χ4v) is 1.44. The second-order valence-corrected chi connectivity index (χ2v) is 4.04. The Balaban J connectivity index is 2.77. The maximum atomic E-state index is 12.1. The van der Waals surface area contributed by atoms with Crippen LogP contribution in [0.2, 0.25) is 0 Å². The number of carboxylic acid groups (broad SMARTS) is 1. The smallest absolute Gasteiger partial charge is 0.335 e. The minimum atomic E-state index is -2.61. The van der Waals surface area contributed by atoms with Crippen molar-refractivity contribution in [2.45, 2.75) is 13.3 Å². The molecule has 19 heavy (non-hydrogen) atoms. The van der Waals surface area contributed by atoms with Crippen molar-refractivity contribution in [2.75, 3.05) is 18.9 Å². The third-order valence-corrected chi connectivity index (χ3v) is 2.47. The van der Waals surface area contributed by atoms with Gasteiger partial charge in [-0.25, -0.2) is 18.4 Å². The zero-order chi connectivity index (χ0) is 14.6. The Labute approximate surface area is 108 Å². The molecule has 1 rings (SSSR count). The monoisotopic (exact) mass is 272 g/mol. The van der Waals surface area contributed by atoms with Gasteiger partial charge in [0, 0.05) is 12.7 Å². The molecule has 1 aromatic rings. The lowest BCUT2D eigenvalue weighted by molar-refractivity contribution is 0.0696. The van der Waals surface area contributed by atoms with Crippen molar-refractivity contribution in [1.82, 2.24) is 4.90 Å². The van der Waals surface area contributed by atoms with Gasteiger partial charge in [-0.15, -0.1) is 0 Å². The van der Waals surface area contributed by atoms with Gasteiger partial charge in [0.1, 0.15) is 0 Å². The van der Waals surface area contributed by atoms with Crippen molar-refractivity contribution in [3.63, 3.8) is 0 Å². The van der Waals surface area contributed by atoms with Crippen molar-refractivity contribution in [3.8, 4) is 0 Å². The lowest BCUT2D eigenvalue weighted by Gasteiger charge is -2.18. The summed E-state index contributed by atoms with van der Waals surface area (Å²) in [6.07, 6.45) is -2.61. The minimum absolute atomic E-state index is 0.0939. The van der Waals surface area contributed by atoms with E-state index in [0.717, 1.165) is 4.90 Å². The highest BCUT2D eigenvalue weighted by atomic mass is 19.3. The standard InChI is InChI=1S/C12H14F2N2O3/c1-7-5-8(11(17)18)3-4-9(7)15-12(19)16(2)6-10(13)14/h3-5,10H,6H2,1-2H3,(H,15,19)(H,17,18). The second kappa shape index (κ2) is 6.12. The first-order valence-corrected chi connectivity index (χ1v) is 5.45. The number of urea groups is 1. The lowest BCUT2D eigenvalue weighted by Crippen LogP contribution is -2.35. The van der Waals surface area contributed by atoms with Crippen LogP contribution in [0.3, 0.4) is 0 Å². The number of aryl methyl sites for hydroxylation is 1. The SMILES string of the molecule is Cc1cc(C(=O)O)ccc1NC(=O)N(C)CC(F)F. The van der Waals surface area contributed by atoms with E-state index in [4.69, 9.17) is 5.11 Å². The molecule has 0 spiro atoms. The van der Waals surface area contributed by atoms with Crippen molar-refractivity contribution < 1.29 is 23.5 Å². The highest BCUT2D eigenvalue weighted by Crippen LogP contribution is 2.17. The summed E-state index contributed by atoms with van der Waals surface area (Å²) in [4.78, 5) is 23.2. The van der Waals surface area contributed by atoms with Crippen LogP contribution < -0.4 is 5.32 Å². The fourth-order valence-electron chi connectivity index (χ4n) is 1.44. The van der Waals surface area contributed by atoms with E-state index in [1.807, 2.05) is 0 Å². The first kappa shape index (κ1) is 14.9. The average molecular weight is 272 g/mol. The number of nitrogens with zero attached hydrogens (tertiary/aromatic N) is 1. The fraction of sp³-hybridized carbons (Fsp3) is 0.333. The Morgan fingerprint density at radius 3 is 2.53 bits per heavy atom. The molecule has 0 heterocycles. The molecule has 104 valence electrons. The van der Waals surface area contributed by atoms with Crippen LogP contribution in [0.15, 0.2) is 18.2 Å². The van der Waals surface area contributed by atoms with E-state index in [1.54, 1.807) is 6.92 Å². The molecule has 0 aliphatic carbocycles. The number of carboxylic acids is 1. The Morgan fingerprint density at radius 1 is 1.42 bits per heavy atom. The molecule has 0 aliphatic heterocycles. The zero-order valence-electron chi connectivity index (χ0n) is 10.5. The van der Waals surface area contributed by atoms with E-state index in [-0.39, 0.29) is 5.56 Å². The van der Waals surface area contributed by atoms with Gasteiger partial charge in [-0.3, -0.25) is 0 Å². The van der Waals surface area contributed by atoms with Gasteiger partial charge in [0.05, 0.1) is 12.1 Å². The van der Waals surface area contributed by atoms with Gasteiger partial charge in [-0.05, 0) is 30.7 Å². The summed E-state index contributed by atoms with van der Waals surface area (Å²) < 4.78 is 24.2. The number of nitrogens with one attached hydrogen (secondary N) is 1. The molecule has 0 bridgehead atoms. The molecule has 0 aromatic heterocycles. The van der Waals surface area contributed by atoms with E-state index >= 15 is 0 Å². The van der Waals surface area contributed by atoms with Gasteiger partial charge in [-0.1, -0.05) is 0 Å². The summed E-state index contributed by atoms with van der Waals surface area (Å²) in [6.45, 7) is 0.952. The van der Waals surface area contributed by atoms with E-state index in [9.17, 15) is 18.4 Å². The maximum Gasteiger partial charge on any atom is 0.335 e. The highest BCUT2D eigenvalue weighted by Gasteiger charge is 2.15. The normalized spacial score (nSPS) is 10.4. The van der Waals surface area contributed by atoms with Crippen molar-refractivity contribution in [1.29, 1.82) is 0 Å². The molecular formula is C12H14F2N2O3. The third-order valence-electron chi connectivity index (χ3n) is 2.47. The molecule has 2 N–H and O–H groups in total. The maximum absolute atomic E-state index is 12.1. The van der Waals surface area contributed by atoms with Crippen LogP contribution in [-0.4, -0.2) is 42.0 Å². The van der Waals surface area contributed by atoms with Crippen molar-refractivity contribution in [3.05, 3.63) is 29.3 Å². The van der Waals surface area contributed by atoms with Crippen LogP contribution in [-0.2, 0) is 0 Å². The molecule has 0 radical (unpaired) electrons. The number of aromatic carboxylic acids is 1. The predicted molar refractivity (Wildman–Crippen MR) is 65.8 cm³/mol. The van der Waals surface area contributed by atoms with Crippen molar-refractivity contribution in [2.24, 2.45) is 0 Å². The zero-order valence-corrected chi connectivity index (χ0v) is 10.5. The van der Waals surface area contributed by atoms with Crippen LogP contribution in [0.5, 0.6) is 0 Å². The number of hydrogen-bond acceptors (Lipinski definition) is 2. The van der Waals surface area contributed by atoms with Gasteiger partial charge >= 0.3 is 12.0 Å². The predicted octanol–water partition coefficient (Wildman–Crippen LogP) is 2.42. The number of carbonyl (C=O) groups is 2. The second-order valence-electron chi connectivity index (χ2n) is 4.04. The number of halogens is 2. The number of carbonyl (C=O) groups excluding carboxylic acids is 1. The Kier molecular flexibility index (Phi) is 4.80. The lowest BCUT2D eigenvalue weighted by atomic mass is 10.1. The Morgan fingerprint density at radius 2 is 2.05 bits per heavy atom. The summed E-state index contributed by atoms with van der Waals surface area (Å²) in [5, 5.41) is 11.2. The van der Waals surface area contributed by atoms with E-state index in [1.165, 1.54) is 25.2 Å². The van der Waals surface area contributed by atoms with Gasteiger partial charge < -0.3 is 15.3 Å². The van der Waals surface area contributed by atoms with Crippen LogP contribution in [0.1, 0.15) is 15.9 Å². The summed E-state index contributed by atoms with van der Waals surface area (Å²) in [5.74, 6) is -1.07. The summed E-state index contributed by atoms with van der Waals surface area (Å²) in [6, 6.07) is 3.47. The molecule has 0 unspecified atom stereocenters. The van der Waals surface area contributed by atoms with E-state index in [0.29, 0.717) is 11.3 Å². The molecule has 5 nitrogen and oxygen atoms in total.